The predicted molar refractivity (Wildman–Crippen MR) is 130 cm³/mol. The molecule has 1 N–H and O–H groups in total. The molecule has 0 aliphatic rings. The average Bonchev–Trinajstić information content (AvgIpc) is 3.47. The number of amides is 2. The lowest BCUT2D eigenvalue weighted by Crippen LogP contribution is -2.45. The van der Waals surface area contributed by atoms with Crippen LogP contribution in [0.5, 0.6) is 0 Å². The Labute approximate surface area is 198 Å². The van der Waals surface area contributed by atoms with Crippen molar-refractivity contribution in [3.05, 3.63) is 78.3 Å². The molecule has 2 aromatic heterocycles. The highest BCUT2D eigenvalue weighted by Crippen LogP contribution is 2.29. The Bertz CT molecular complexity index is 1260. The van der Waals surface area contributed by atoms with Gasteiger partial charge in [-0.1, -0.05) is 43.3 Å². The van der Waals surface area contributed by atoms with Crippen molar-refractivity contribution in [1.82, 2.24) is 20.3 Å². The maximum absolute atomic E-state index is 13.8. The van der Waals surface area contributed by atoms with E-state index < -0.39 is 6.04 Å². The van der Waals surface area contributed by atoms with Crippen LogP contribution in [0.25, 0.3) is 11.0 Å². The predicted octanol–water partition coefficient (Wildman–Crippen LogP) is 4.27. The number of aromatic nitrogens is 3. The number of aryl methyl sites for hydroxylation is 1. The molecule has 0 unspecified atom stereocenters. The molecular weight excluding hydrogens is 430 g/mol. The first kappa shape index (κ1) is 23.2. The molecular formula is C26H29N5O3. The Kier molecular flexibility index (Phi) is 7.06. The molecule has 0 saturated heterocycles. The number of rotatable bonds is 9. The smallest absolute Gasteiger partial charge is 0.251 e. The van der Waals surface area contributed by atoms with E-state index >= 15 is 0 Å². The number of carbonyl (C=O) groups is 2. The van der Waals surface area contributed by atoms with Gasteiger partial charge in [-0.2, -0.15) is 0 Å². The van der Waals surface area contributed by atoms with Gasteiger partial charge in [-0.25, -0.2) is 4.68 Å². The fourth-order valence-electron chi connectivity index (χ4n) is 3.85. The van der Waals surface area contributed by atoms with Crippen molar-refractivity contribution in [3.63, 3.8) is 0 Å². The van der Waals surface area contributed by atoms with Gasteiger partial charge >= 0.3 is 0 Å². The van der Waals surface area contributed by atoms with Crippen LogP contribution in [0.2, 0.25) is 0 Å². The van der Waals surface area contributed by atoms with Gasteiger partial charge in [0.15, 0.2) is 6.04 Å². The van der Waals surface area contributed by atoms with Crippen molar-refractivity contribution >= 4 is 28.5 Å². The van der Waals surface area contributed by atoms with E-state index in [0.29, 0.717) is 29.4 Å². The molecule has 8 nitrogen and oxygen atoms in total. The van der Waals surface area contributed by atoms with Crippen LogP contribution in [0.15, 0.2) is 71.3 Å². The summed E-state index contributed by atoms with van der Waals surface area (Å²) in [4.78, 5) is 28.7. The first-order valence-corrected chi connectivity index (χ1v) is 11.4. The van der Waals surface area contributed by atoms with Crippen molar-refractivity contribution in [3.8, 4) is 0 Å². The summed E-state index contributed by atoms with van der Waals surface area (Å²) < 4.78 is 7.19. The number of benzene rings is 2. The number of nitrogens with zero attached hydrogens (tertiary/aromatic N) is 4. The summed E-state index contributed by atoms with van der Waals surface area (Å²) in [6.45, 7) is 6.58. The molecule has 0 spiro atoms. The molecule has 8 heteroatoms. The van der Waals surface area contributed by atoms with Crippen LogP contribution in [-0.2, 0) is 16.1 Å². The van der Waals surface area contributed by atoms with Crippen molar-refractivity contribution < 1.29 is 14.0 Å². The van der Waals surface area contributed by atoms with Crippen molar-refractivity contribution in [1.29, 1.82) is 0 Å². The average molecular weight is 460 g/mol. The van der Waals surface area contributed by atoms with Gasteiger partial charge in [-0.3, -0.25) is 14.5 Å². The monoisotopic (exact) mass is 459 g/mol. The molecule has 176 valence electrons. The second-order valence-corrected chi connectivity index (χ2v) is 8.73. The van der Waals surface area contributed by atoms with E-state index in [0.717, 1.165) is 17.5 Å². The second-order valence-electron chi connectivity index (χ2n) is 8.73. The van der Waals surface area contributed by atoms with Crippen molar-refractivity contribution in [2.45, 2.75) is 39.8 Å². The largest absolute Gasteiger partial charge is 0.467 e. The fraction of sp³-hybridized carbons (Fsp3) is 0.308. The van der Waals surface area contributed by atoms with Crippen LogP contribution < -0.4 is 10.2 Å². The molecule has 0 saturated carbocycles. The minimum absolute atomic E-state index is 0.0784. The lowest BCUT2D eigenvalue weighted by molar-refractivity contribution is -0.127. The van der Waals surface area contributed by atoms with Crippen molar-refractivity contribution in [2.75, 3.05) is 11.4 Å². The molecule has 2 heterocycles. The molecule has 0 fully saturated rings. The van der Waals surface area contributed by atoms with E-state index in [9.17, 15) is 9.59 Å². The van der Waals surface area contributed by atoms with Gasteiger partial charge in [0.1, 0.15) is 17.8 Å². The Morgan fingerprint density at radius 1 is 1.09 bits per heavy atom. The summed E-state index contributed by atoms with van der Waals surface area (Å²) in [7, 11) is 0. The van der Waals surface area contributed by atoms with E-state index in [4.69, 9.17) is 4.42 Å². The summed E-state index contributed by atoms with van der Waals surface area (Å²) in [5.74, 6) is 0.230. The van der Waals surface area contributed by atoms with Gasteiger partial charge in [-0.15, -0.1) is 5.10 Å². The molecule has 4 rings (SSSR count). The summed E-state index contributed by atoms with van der Waals surface area (Å²) in [6.07, 6.45) is 2.34. The molecule has 34 heavy (non-hydrogen) atoms. The molecule has 0 bridgehead atoms. The lowest BCUT2D eigenvalue weighted by Gasteiger charge is -2.30. The third-order valence-electron chi connectivity index (χ3n) is 5.59. The number of anilines is 1. The molecule has 2 amide bonds. The highest BCUT2D eigenvalue weighted by atomic mass is 16.3. The zero-order valence-electron chi connectivity index (χ0n) is 19.6. The molecule has 4 aromatic rings. The number of fused-ring (bicyclic) bond motifs is 1. The lowest BCUT2D eigenvalue weighted by atomic mass is 10.1. The third-order valence-corrected chi connectivity index (χ3v) is 5.59. The number of carbonyl (C=O) groups excluding carboxylic acids is 2. The highest BCUT2D eigenvalue weighted by Gasteiger charge is 2.35. The number of para-hydroxylation sites is 1. The van der Waals surface area contributed by atoms with Gasteiger partial charge < -0.3 is 9.73 Å². The van der Waals surface area contributed by atoms with Crippen LogP contribution in [0.3, 0.4) is 0 Å². The minimum atomic E-state index is -0.966. The van der Waals surface area contributed by atoms with Gasteiger partial charge in [0.05, 0.1) is 11.8 Å². The Morgan fingerprint density at radius 2 is 1.91 bits per heavy atom. The maximum Gasteiger partial charge on any atom is 0.251 e. The van der Waals surface area contributed by atoms with Crippen LogP contribution in [0, 0.1) is 12.8 Å². The first-order valence-electron chi connectivity index (χ1n) is 11.4. The first-order chi connectivity index (χ1) is 16.4. The van der Waals surface area contributed by atoms with E-state index in [1.807, 2.05) is 55.5 Å². The molecule has 0 aliphatic heterocycles. The van der Waals surface area contributed by atoms with Crippen LogP contribution >= 0.6 is 0 Å². The number of hydrogen-bond acceptors (Lipinski definition) is 5. The summed E-state index contributed by atoms with van der Waals surface area (Å²) in [5, 5.41) is 11.3. The van der Waals surface area contributed by atoms with Gasteiger partial charge in [0.2, 0.25) is 5.91 Å². The van der Waals surface area contributed by atoms with E-state index in [1.54, 1.807) is 16.8 Å². The van der Waals surface area contributed by atoms with Gasteiger partial charge in [0, 0.05) is 12.2 Å². The van der Waals surface area contributed by atoms with Crippen LogP contribution in [0.4, 0.5) is 5.69 Å². The van der Waals surface area contributed by atoms with Crippen LogP contribution in [-0.4, -0.2) is 33.4 Å². The minimum Gasteiger partial charge on any atom is -0.467 e. The third kappa shape index (κ3) is 5.17. The molecule has 2 aromatic carbocycles. The normalized spacial score (nSPS) is 12.1. The number of nitrogens with one attached hydrogen (secondary N) is 1. The van der Waals surface area contributed by atoms with Gasteiger partial charge in [0.25, 0.3) is 5.91 Å². The van der Waals surface area contributed by atoms with E-state index in [-0.39, 0.29) is 18.4 Å². The quantitative estimate of drug-likeness (QED) is 0.403. The Morgan fingerprint density at radius 3 is 2.65 bits per heavy atom. The van der Waals surface area contributed by atoms with Crippen molar-refractivity contribution in [2.24, 2.45) is 5.92 Å². The number of hydrogen-bond donors (Lipinski definition) is 1. The fourth-order valence-corrected chi connectivity index (χ4v) is 3.85. The standard InChI is InChI=1S/C26H29N5O3/c1-18(2)13-14-27-26(33)25(23-12-7-15-34-23)31(20-9-6-8-19(3)16-20)24(32)17-30-22-11-5-4-10-21(22)28-29-30/h4-12,15-16,18,25H,13-14,17H2,1-3H3,(H,27,33)/t25-/m1/s1. The highest BCUT2D eigenvalue weighted by molar-refractivity contribution is 6.01. The SMILES string of the molecule is Cc1cccc(N(C(=O)Cn2nnc3ccccc32)[C@@H](C(=O)NCCC(C)C)c2ccco2)c1. The van der Waals surface area contributed by atoms with Crippen LogP contribution in [0.1, 0.15) is 37.6 Å². The summed E-state index contributed by atoms with van der Waals surface area (Å²) >= 11 is 0. The molecule has 1 atom stereocenters. The zero-order valence-corrected chi connectivity index (χ0v) is 19.6. The zero-order chi connectivity index (χ0) is 24.1. The van der Waals surface area contributed by atoms with E-state index in [1.165, 1.54) is 11.2 Å². The summed E-state index contributed by atoms with van der Waals surface area (Å²) in [5.41, 5.74) is 3.03. The Balaban J connectivity index is 1.72. The topological polar surface area (TPSA) is 93.3 Å². The molecule has 0 radical (unpaired) electrons. The Hall–Kier alpha value is -3.94. The maximum atomic E-state index is 13.8. The second kappa shape index (κ2) is 10.3. The number of furan rings is 1. The molecule has 0 aliphatic carbocycles. The van der Waals surface area contributed by atoms with Gasteiger partial charge in [-0.05, 0) is 61.2 Å². The summed E-state index contributed by atoms with van der Waals surface area (Å²) in [6, 6.07) is 17.4. The van der Waals surface area contributed by atoms with E-state index in [2.05, 4.69) is 29.5 Å².